The number of hydrogen-bond donors (Lipinski definition) is 0. The van der Waals surface area contributed by atoms with Gasteiger partial charge in [-0.05, 0) is 25.1 Å². The van der Waals surface area contributed by atoms with Crippen molar-refractivity contribution >= 4 is 34.7 Å². The standard InChI is InChI=1S/C15H11Cl2NO4/c1-9(15(19)10-3-2-4-11(16)7-10)22-14-6-5-12(18(20)21)8-13(14)17/h2-9H,1H3. The molecular formula is C15H11Cl2NO4. The summed E-state index contributed by atoms with van der Waals surface area (Å²) in [5.41, 5.74) is 0.268. The summed E-state index contributed by atoms with van der Waals surface area (Å²) in [7, 11) is 0. The van der Waals surface area contributed by atoms with Gasteiger partial charge in [0.25, 0.3) is 5.69 Å². The Labute approximate surface area is 136 Å². The second-order valence-electron chi connectivity index (χ2n) is 4.51. The van der Waals surface area contributed by atoms with Crippen molar-refractivity contribution in [3.05, 3.63) is 68.2 Å². The summed E-state index contributed by atoms with van der Waals surface area (Å²) < 4.78 is 5.49. The average Bonchev–Trinajstić information content (AvgIpc) is 2.48. The van der Waals surface area contributed by atoms with Crippen LogP contribution in [0.2, 0.25) is 10.0 Å². The van der Waals surface area contributed by atoms with Gasteiger partial charge in [-0.25, -0.2) is 0 Å². The number of nitro groups is 1. The topological polar surface area (TPSA) is 69.4 Å². The van der Waals surface area contributed by atoms with E-state index >= 15 is 0 Å². The van der Waals surface area contributed by atoms with Gasteiger partial charge in [-0.1, -0.05) is 35.3 Å². The number of ether oxygens (including phenoxy) is 1. The first-order valence-corrected chi connectivity index (χ1v) is 7.04. The first kappa shape index (κ1) is 16.3. The predicted octanol–water partition coefficient (Wildman–Crippen LogP) is 4.55. The van der Waals surface area contributed by atoms with Gasteiger partial charge < -0.3 is 4.74 Å². The summed E-state index contributed by atoms with van der Waals surface area (Å²) in [6, 6.07) is 10.3. The van der Waals surface area contributed by atoms with Crippen LogP contribution in [0.1, 0.15) is 17.3 Å². The van der Waals surface area contributed by atoms with Gasteiger partial charge >= 0.3 is 0 Å². The van der Waals surface area contributed by atoms with Crippen LogP contribution in [0.5, 0.6) is 5.75 Å². The number of carbonyl (C=O) groups excluding carboxylic acids is 1. The van der Waals surface area contributed by atoms with Gasteiger partial charge in [-0.15, -0.1) is 0 Å². The molecule has 0 aliphatic rings. The van der Waals surface area contributed by atoms with Crippen molar-refractivity contribution in [2.24, 2.45) is 0 Å². The normalized spacial score (nSPS) is 11.8. The first-order chi connectivity index (χ1) is 10.4. The zero-order valence-electron chi connectivity index (χ0n) is 11.5. The van der Waals surface area contributed by atoms with Crippen molar-refractivity contribution in [1.82, 2.24) is 0 Å². The van der Waals surface area contributed by atoms with E-state index in [0.29, 0.717) is 10.6 Å². The molecule has 7 heteroatoms. The molecule has 0 aliphatic carbocycles. The molecule has 22 heavy (non-hydrogen) atoms. The number of ketones is 1. The van der Waals surface area contributed by atoms with E-state index in [1.54, 1.807) is 31.2 Å². The molecule has 0 spiro atoms. The largest absolute Gasteiger partial charge is 0.481 e. The summed E-state index contributed by atoms with van der Waals surface area (Å²) in [6.07, 6.45) is -0.808. The molecule has 2 rings (SSSR count). The van der Waals surface area contributed by atoms with E-state index in [1.165, 1.54) is 18.2 Å². The Kier molecular flexibility index (Phi) is 5.00. The van der Waals surface area contributed by atoms with Crippen molar-refractivity contribution in [3.8, 4) is 5.75 Å². The van der Waals surface area contributed by atoms with Gasteiger partial charge in [-0.2, -0.15) is 0 Å². The number of rotatable bonds is 5. The molecule has 0 fully saturated rings. The molecule has 5 nitrogen and oxygen atoms in total. The average molecular weight is 340 g/mol. The summed E-state index contributed by atoms with van der Waals surface area (Å²) in [5, 5.41) is 11.2. The Morgan fingerprint density at radius 3 is 2.55 bits per heavy atom. The van der Waals surface area contributed by atoms with Gasteiger partial charge in [0.05, 0.1) is 9.95 Å². The van der Waals surface area contributed by atoms with Crippen LogP contribution in [0.15, 0.2) is 42.5 Å². The fourth-order valence-electron chi connectivity index (χ4n) is 1.82. The van der Waals surface area contributed by atoms with E-state index in [0.717, 1.165) is 0 Å². The molecule has 114 valence electrons. The lowest BCUT2D eigenvalue weighted by Gasteiger charge is -2.14. The molecule has 0 N–H and O–H groups in total. The molecule has 0 aliphatic heterocycles. The lowest BCUT2D eigenvalue weighted by molar-refractivity contribution is -0.384. The predicted molar refractivity (Wildman–Crippen MR) is 84.0 cm³/mol. The van der Waals surface area contributed by atoms with Gasteiger partial charge in [0.2, 0.25) is 5.78 Å². The molecule has 2 aromatic carbocycles. The highest BCUT2D eigenvalue weighted by atomic mass is 35.5. The monoisotopic (exact) mass is 339 g/mol. The molecule has 0 heterocycles. The van der Waals surface area contributed by atoms with Crippen molar-refractivity contribution in [2.75, 3.05) is 0 Å². The fourth-order valence-corrected chi connectivity index (χ4v) is 2.23. The summed E-state index contributed by atoms with van der Waals surface area (Å²) in [4.78, 5) is 22.3. The zero-order chi connectivity index (χ0) is 16.3. The third-order valence-electron chi connectivity index (χ3n) is 2.91. The van der Waals surface area contributed by atoms with Crippen LogP contribution in [0, 0.1) is 10.1 Å². The lowest BCUT2D eigenvalue weighted by atomic mass is 10.1. The maximum absolute atomic E-state index is 12.3. The van der Waals surface area contributed by atoms with Gasteiger partial charge in [-0.3, -0.25) is 14.9 Å². The number of nitrogens with zero attached hydrogens (tertiary/aromatic N) is 1. The molecule has 1 unspecified atom stereocenters. The quantitative estimate of drug-likeness (QED) is 0.455. The van der Waals surface area contributed by atoms with Crippen molar-refractivity contribution in [2.45, 2.75) is 13.0 Å². The fraction of sp³-hybridized carbons (Fsp3) is 0.133. The van der Waals surface area contributed by atoms with Crippen LogP contribution < -0.4 is 4.74 Å². The number of hydrogen-bond acceptors (Lipinski definition) is 4. The van der Waals surface area contributed by atoms with E-state index < -0.39 is 11.0 Å². The SMILES string of the molecule is CC(Oc1ccc([N+](=O)[O-])cc1Cl)C(=O)c1cccc(Cl)c1. The summed E-state index contributed by atoms with van der Waals surface area (Å²) in [6.45, 7) is 1.57. The molecule has 0 amide bonds. The molecule has 0 radical (unpaired) electrons. The minimum Gasteiger partial charge on any atom is -0.481 e. The molecule has 2 aromatic rings. The van der Waals surface area contributed by atoms with Crippen molar-refractivity contribution < 1.29 is 14.5 Å². The zero-order valence-corrected chi connectivity index (χ0v) is 13.0. The van der Waals surface area contributed by atoms with E-state index in [9.17, 15) is 14.9 Å². The highest BCUT2D eigenvalue weighted by Gasteiger charge is 2.19. The van der Waals surface area contributed by atoms with E-state index in [2.05, 4.69) is 0 Å². The molecule has 1 atom stereocenters. The highest BCUT2D eigenvalue weighted by molar-refractivity contribution is 6.32. The lowest BCUT2D eigenvalue weighted by Crippen LogP contribution is -2.24. The van der Waals surface area contributed by atoms with Crippen LogP contribution in [-0.4, -0.2) is 16.8 Å². The van der Waals surface area contributed by atoms with Crippen molar-refractivity contribution in [3.63, 3.8) is 0 Å². The van der Waals surface area contributed by atoms with E-state index in [-0.39, 0.29) is 22.2 Å². The number of non-ortho nitro benzene ring substituents is 1. The van der Waals surface area contributed by atoms with Crippen LogP contribution in [0.25, 0.3) is 0 Å². The maximum atomic E-state index is 12.3. The third-order valence-corrected chi connectivity index (χ3v) is 3.44. The van der Waals surface area contributed by atoms with Crippen LogP contribution in [0.4, 0.5) is 5.69 Å². The number of halogens is 2. The van der Waals surface area contributed by atoms with E-state index in [4.69, 9.17) is 27.9 Å². The Hall–Kier alpha value is -2.11. The third kappa shape index (κ3) is 3.75. The minimum absolute atomic E-state index is 0.0694. The van der Waals surface area contributed by atoms with Gasteiger partial charge in [0.15, 0.2) is 6.10 Å². The first-order valence-electron chi connectivity index (χ1n) is 6.29. The number of benzene rings is 2. The number of carbonyl (C=O) groups is 1. The Bertz CT molecular complexity index is 733. The van der Waals surface area contributed by atoms with Gasteiger partial charge in [0.1, 0.15) is 5.75 Å². The highest BCUT2D eigenvalue weighted by Crippen LogP contribution is 2.29. The van der Waals surface area contributed by atoms with Crippen LogP contribution >= 0.6 is 23.2 Å². The van der Waals surface area contributed by atoms with Gasteiger partial charge in [0, 0.05) is 22.7 Å². The number of Topliss-reactive ketones (excluding diaryl/α,β-unsaturated/α-hetero) is 1. The summed E-state index contributed by atoms with van der Waals surface area (Å²) in [5.74, 6) is -0.0629. The van der Waals surface area contributed by atoms with Crippen molar-refractivity contribution in [1.29, 1.82) is 0 Å². The summed E-state index contributed by atoms with van der Waals surface area (Å²) >= 11 is 11.8. The van der Waals surface area contributed by atoms with Crippen LogP contribution in [-0.2, 0) is 0 Å². The van der Waals surface area contributed by atoms with Crippen LogP contribution in [0.3, 0.4) is 0 Å². The molecule has 0 saturated carbocycles. The minimum atomic E-state index is -0.808. The molecule has 0 bridgehead atoms. The molecule has 0 aromatic heterocycles. The van der Waals surface area contributed by atoms with E-state index in [1.807, 2.05) is 0 Å². The second kappa shape index (κ2) is 6.77. The Morgan fingerprint density at radius 1 is 1.23 bits per heavy atom. The molecular weight excluding hydrogens is 329 g/mol. The Morgan fingerprint density at radius 2 is 1.95 bits per heavy atom. The molecule has 0 saturated heterocycles. The Balaban J connectivity index is 2.16. The second-order valence-corrected chi connectivity index (χ2v) is 5.35. The smallest absolute Gasteiger partial charge is 0.271 e. The maximum Gasteiger partial charge on any atom is 0.271 e. The number of nitro benzene ring substituents is 1.